The van der Waals surface area contributed by atoms with Crippen LogP contribution in [-0.2, 0) is 22.8 Å². The molecule has 3 atom stereocenters. The highest BCUT2D eigenvalue weighted by Gasteiger charge is 2.32. The van der Waals surface area contributed by atoms with Crippen LogP contribution in [0.1, 0.15) is 36.8 Å². The Hall–Kier alpha value is -0.950. The van der Waals surface area contributed by atoms with Gasteiger partial charge in [0.2, 0.25) is 0 Å². The second-order valence-corrected chi connectivity index (χ2v) is 9.84. The minimum absolute atomic E-state index is 0.0273. The number of fused-ring (bicyclic) bond motifs is 1. The summed E-state index contributed by atoms with van der Waals surface area (Å²) in [4.78, 5) is 2.28. The van der Waals surface area contributed by atoms with Gasteiger partial charge in [0.05, 0.1) is 11.4 Å². The highest BCUT2D eigenvalue weighted by molar-refractivity contribution is 7.91. The summed E-state index contributed by atoms with van der Waals surface area (Å²) in [7, 11) is -3.04. The van der Waals surface area contributed by atoms with Gasteiger partial charge in [0.15, 0.2) is 9.84 Å². The van der Waals surface area contributed by atoms with E-state index in [0.29, 0.717) is 13.1 Å². The number of hydrogen-bond donors (Lipinski definition) is 2. The second kappa shape index (κ2) is 8.16. The molecule has 5 nitrogen and oxygen atoms in total. The van der Waals surface area contributed by atoms with Crippen LogP contribution in [0.25, 0.3) is 0 Å². The van der Waals surface area contributed by atoms with Gasteiger partial charge in [-0.05, 0) is 30.4 Å². The highest BCUT2D eigenvalue weighted by atomic mass is 32.2. The van der Waals surface area contributed by atoms with Crippen LogP contribution < -0.4 is 5.32 Å². The van der Waals surface area contributed by atoms with Crippen molar-refractivity contribution >= 4 is 9.84 Å². The number of nitrogens with zero attached hydrogens (tertiary/aromatic N) is 1. The Balaban J connectivity index is 1.49. The van der Waals surface area contributed by atoms with Crippen LogP contribution in [0.15, 0.2) is 24.3 Å². The monoisotopic (exact) mass is 366 g/mol. The van der Waals surface area contributed by atoms with Gasteiger partial charge in [-0.1, -0.05) is 37.1 Å². The summed E-state index contributed by atoms with van der Waals surface area (Å²) >= 11 is 0. The van der Waals surface area contributed by atoms with E-state index in [1.165, 1.54) is 17.4 Å². The molecule has 1 aromatic rings. The third kappa shape index (κ3) is 5.03. The molecule has 2 N–H and O–H groups in total. The molecule has 1 aliphatic carbocycles. The molecule has 1 aromatic carbocycles. The summed E-state index contributed by atoms with van der Waals surface area (Å²) in [6, 6.07) is 8.45. The molecule has 0 radical (unpaired) electrons. The van der Waals surface area contributed by atoms with Gasteiger partial charge in [-0.2, -0.15) is 0 Å². The minimum atomic E-state index is -3.04. The maximum atomic E-state index is 12.0. The van der Waals surface area contributed by atoms with Gasteiger partial charge in [-0.3, -0.25) is 4.90 Å². The van der Waals surface area contributed by atoms with Gasteiger partial charge in [-0.15, -0.1) is 0 Å². The fourth-order valence-electron chi connectivity index (χ4n) is 4.20. The highest BCUT2D eigenvalue weighted by Crippen LogP contribution is 2.24. The smallest absolute Gasteiger partial charge is 0.151 e. The lowest BCUT2D eigenvalue weighted by molar-refractivity contribution is 0.100. The number of rotatable bonds is 6. The molecular formula is C19H30N2O3S. The van der Waals surface area contributed by atoms with Crippen LogP contribution in [0, 0.1) is 0 Å². The molecule has 0 amide bonds. The van der Waals surface area contributed by atoms with Crippen molar-refractivity contribution in [2.75, 3.05) is 25.9 Å². The zero-order chi connectivity index (χ0) is 17.9. The van der Waals surface area contributed by atoms with Crippen LogP contribution >= 0.6 is 0 Å². The van der Waals surface area contributed by atoms with Crippen LogP contribution in [0.5, 0.6) is 0 Å². The number of aliphatic hydroxyl groups is 1. The van der Waals surface area contributed by atoms with Gasteiger partial charge >= 0.3 is 0 Å². The van der Waals surface area contributed by atoms with E-state index in [1.807, 2.05) is 0 Å². The second-order valence-electron chi connectivity index (χ2n) is 7.57. The summed E-state index contributed by atoms with van der Waals surface area (Å²) in [6.07, 6.45) is 5.52. The molecule has 1 saturated carbocycles. The zero-order valence-corrected chi connectivity index (χ0v) is 15.8. The van der Waals surface area contributed by atoms with E-state index in [0.717, 1.165) is 45.2 Å². The van der Waals surface area contributed by atoms with Gasteiger partial charge in [-0.25, -0.2) is 8.42 Å². The molecule has 3 unspecified atom stereocenters. The van der Waals surface area contributed by atoms with Crippen molar-refractivity contribution in [2.45, 2.75) is 56.0 Å². The van der Waals surface area contributed by atoms with E-state index < -0.39 is 15.9 Å². The van der Waals surface area contributed by atoms with Crippen LogP contribution in [-0.4, -0.2) is 61.7 Å². The molecule has 6 heteroatoms. The predicted molar refractivity (Wildman–Crippen MR) is 100 cm³/mol. The minimum Gasteiger partial charge on any atom is -0.390 e. The largest absolute Gasteiger partial charge is 0.390 e. The fraction of sp³-hybridized carbons (Fsp3) is 0.684. The summed E-state index contributed by atoms with van der Waals surface area (Å²) < 4.78 is 23.9. The van der Waals surface area contributed by atoms with Gasteiger partial charge in [0, 0.05) is 38.5 Å². The Kier molecular flexibility index (Phi) is 6.15. The molecule has 2 aliphatic rings. The van der Waals surface area contributed by atoms with E-state index in [-0.39, 0.29) is 11.3 Å². The Morgan fingerprint density at radius 1 is 1.24 bits per heavy atom. The first-order chi connectivity index (χ1) is 11.9. The summed E-state index contributed by atoms with van der Waals surface area (Å²) in [5, 5.41) is 13.4. The van der Waals surface area contributed by atoms with Crippen molar-refractivity contribution in [1.29, 1.82) is 0 Å². The predicted octanol–water partition coefficient (Wildman–Crippen LogP) is 1.35. The van der Waals surface area contributed by atoms with Crippen LogP contribution in [0.3, 0.4) is 0 Å². The molecular weight excluding hydrogens is 336 g/mol. The van der Waals surface area contributed by atoms with Crippen molar-refractivity contribution in [3.05, 3.63) is 35.4 Å². The summed E-state index contributed by atoms with van der Waals surface area (Å²) in [6.45, 7) is 2.92. The first-order valence-corrected chi connectivity index (χ1v) is 11.3. The quantitative estimate of drug-likeness (QED) is 0.795. The van der Waals surface area contributed by atoms with Crippen molar-refractivity contribution in [2.24, 2.45) is 0 Å². The van der Waals surface area contributed by atoms with Crippen LogP contribution in [0.4, 0.5) is 0 Å². The number of nitrogens with one attached hydrogen (secondary N) is 1. The van der Waals surface area contributed by atoms with Gasteiger partial charge < -0.3 is 10.4 Å². The number of aliphatic hydroxyl groups excluding tert-OH is 1. The lowest BCUT2D eigenvalue weighted by atomic mass is 9.94. The molecule has 25 heavy (non-hydrogen) atoms. The Morgan fingerprint density at radius 2 is 1.96 bits per heavy atom. The Bertz CT molecular complexity index is 677. The third-order valence-electron chi connectivity index (χ3n) is 5.55. The van der Waals surface area contributed by atoms with Gasteiger partial charge in [0.1, 0.15) is 0 Å². The average molecular weight is 367 g/mol. The SMILES string of the molecule is CS(=O)(=O)C1CCCCC1NCC(O)CN1CCc2ccccc2C1. The Morgan fingerprint density at radius 3 is 2.72 bits per heavy atom. The first kappa shape index (κ1) is 18.8. The molecule has 0 saturated heterocycles. The molecule has 1 aliphatic heterocycles. The van der Waals surface area contributed by atoms with Gasteiger partial charge in [0.25, 0.3) is 0 Å². The van der Waals surface area contributed by atoms with E-state index in [1.54, 1.807) is 0 Å². The molecule has 1 heterocycles. The number of β-amino-alcohol motifs (C(OH)–C–C–N with tert-alkyl or cyclic N) is 1. The molecule has 3 rings (SSSR count). The van der Waals surface area contributed by atoms with E-state index in [2.05, 4.69) is 34.5 Å². The number of benzene rings is 1. The first-order valence-electron chi connectivity index (χ1n) is 9.33. The average Bonchev–Trinajstić information content (AvgIpc) is 2.59. The number of hydrogen-bond acceptors (Lipinski definition) is 5. The number of sulfone groups is 1. The maximum Gasteiger partial charge on any atom is 0.151 e. The molecule has 140 valence electrons. The van der Waals surface area contributed by atoms with Crippen molar-refractivity contribution < 1.29 is 13.5 Å². The Labute approximate surface area is 151 Å². The lowest BCUT2D eigenvalue weighted by Gasteiger charge is -2.33. The summed E-state index contributed by atoms with van der Waals surface area (Å²) in [5.41, 5.74) is 2.75. The molecule has 0 spiro atoms. The lowest BCUT2D eigenvalue weighted by Crippen LogP contribution is -2.49. The van der Waals surface area contributed by atoms with E-state index in [4.69, 9.17) is 0 Å². The molecule has 1 fully saturated rings. The van der Waals surface area contributed by atoms with Crippen molar-refractivity contribution in [1.82, 2.24) is 10.2 Å². The van der Waals surface area contributed by atoms with E-state index in [9.17, 15) is 13.5 Å². The van der Waals surface area contributed by atoms with Crippen LogP contribution in [0.2, 0.25) is 0 Å². The topological polar surface area (TPSA) is 69.6 Å². The van der Waals surface area contributed by atoms with Crippen molar-refractivity contribution in [3.63, 3.8) is 0 Å². The zero-order valence-electron chi connectivity index (χ0n) is 15.0. The molecule has 0 aromatic heterocycles. The fourth-order valence-corrected chi connectivity index (χ4v) is 5.63. The van der Waals surface area contributed by atoms with E-state index >= 15 is 0 Å². The summed E-state index contributed by atoms with van der Waals surface area (Å²) in [5.74, 6) is 0. The standard InChI is InChI=1S/C19H30N2O3S/c1-25(23,24)19-9-5-4-8-18(19)20-12-17(22)14-21-11-10-15-6-2-3-7-16(15)13-21/h2-3,6-7,17-20,22H,4-5,8-14H2,1H3. The van der Waals surface area contributed by atoms with Crippen molar-refractivity contribution in [3.8, 4) is 0 Å². The third-order valence-corrected chi connectivity index (χ3v) is 7.21. The molecule has 0 bridgehead atoms. The maximum absolute atomic E-state index is 12.0. The normalized spacial score (nSPS) is 26.2.